The molecule has 152 valence electrons. The van der Waals surface area contributed by atoms with Crippen molar-refractivity contribution in [1.82, 2.24) is 5.32 Å². The molecule has 0 aromatic heterocycles. The van der Waals surface area contributed by atoms with Gasteiger partial charge in [-0.15, -0.1) is 0 Å². The molecule has 0 aliphatic carbocycles. The molecule has 0 fully saturated rings. The van der Waals surface area contributed by atoms with Gasteiger partial charge < -0.3 is 15.4 Å². The van der Waals surface area contributed by atoms with Crippen LogP contribution in [0.1, 0.15) is 27.0 Å². The van der Waals surface area contributed by atoms with E-state index in [1.807, 2.05) is 55.5 Å². The number of hydrogen-bond donors (Lipinski definition) is 2. The third-order valence-electron chi connectivity index (χ3n) is 5.25. The monoisotopic (exact) mass is 400 g/mol. The molecule has 4 rings (SSSR count). The van der Waals surface area contributed by atoms with Crippen molar-refractivity contribution in [3.8, 4) is 5.75 Å². The molecule has 0 bridgehead atoms. The molecule has 0 saturated carbocycles. The highest BCUT2D eigenvalue weighted by Gasteiger charge is 2.26. The van der Waals surface area contributed by atoms with Gasteiger partial charge in [-0.2, -0.15) is 0 Å². The first-order chi connectivity index (χ1) is 14.6. The van der Waals surface area contributed by atoms with E-state index in [0.29, 0.717) is 30.8 Å². The van der Waals surface area contributed by atoms with Gasteiger partial charge in [0.1, 0.15) is 12.4 Å². The molecule has 0 saturated heterocycles. The van der Waals surface area contributed by atoms with Gasteiger partial charge in [-0.05, 0) is 42.7 Å². The first-order valence-corrected chi connectivity index (χ1v) is 10.0. The number of carbonyl (C=O) groups is 2. The minimum absolute atomic E-state index is 0.150. The summed E-state index contributed by atoms with van der Waals surface area (Å²) in [6.45, 7) is 2.77. The fraction of sp³-hybridized carbons (Fsp3) is 0.200. The molecule has 3 aromatic carbocycles. The van der Waals surface area contributed by atoms with Crippen LogP contribution < -0.4 is 15.4 Å². The number of aryl methyl sites for hydroxylation is 1. The number of para-hydroxylation sites is 2. The van der Waals surface area contributed by atoms with E-state index in [1.54, 1.807) is 24.3 Å². The number of anilines is 1. The molecule has 2 N–H and O–H groups in total. The summed E-state index contributed by atoms with van der Waals surface area (Å²) < 4.78 is 5.73. The molecule has 1 atom stereocenters. The highest BCUT2D eigenvalue weighted by molar-refractivity contribution is 6.04. The van der Waals surface area contributed by atoms with E-state index < -0.39 is 0 Å². The molecule has 5 nitrogen and oxygen atoms in total. The standard InChI is InChI=1S/C25H24N2O3/c1-17-10-12-18(13-11-17)15-26-25(29)21-7-3-4-8-22(21)27-24(28)20-14-19-6-2-5-9-23(19)30-16-20/h2-13,20H,14-16H2,1H3,(H,26,29)(H,27,28). The molecule has 0 spiro atoms. The average Bonchev–Trinajstić information content (AvgIpc) is 2.78. The van der Waals surface area contributed by atoms with Gasteiger partial charge in [0.25, 0.3) is 5.91 Å². The van der Waals surface area contributed by atoms with E-state index in [1.165, 1.54) is 5.56 Å². The van der Waals surface area contributed by atoms with Crippen LogP contribution in [-0.4, -0.2) is 18.4 Å². The molecule has 0 radical (unpaired) electrons. The number of hydrogen-bond acceptors (Lipinski definition) is 3. The van der Waals surface area contributed by atoms with Crippen molar-refractivity contribution in [3.63, 3.8) is 0 Å². The summed E-state index contributed by atoms with van der Waals surface area (Å²) >= 11 is 0. The molecule has 2 amide bonds. The average molecular weight is 400 g/mol. The van der Waals surface area contributed by atoms with Gasteiger partial charge in [0.2, 0.25) is 5.91 Å². The number of carbonyl (C=O) groups excluding carboxylic acids is 2. The molecule has 3 aromatic rings. The Morgan fingerprint density at radius 2 is 1.70 bits per heavy atom. The number of rotatable bonds is 5. The molecule has 1 aliphatic rings. The van der Waals surface area contributed by atoms with Crippen LogP contribution >= 0.6 is 0 Å². The minimum Gasteiger partial charge on any atom is -0.492 e. The Kier molecular flexibility index (Phi) is 5.80. The second-order valence-corrected chi connectivity index (χ2v) is 7.52. The Bertz CT molecular complexity index is 1060. The largest absolute Gasteiger partial charge is 0.492 e. The fourth-order valence-corrected chi connectivity index (χ4v) is 3.50. The van der Waals surface area contributed by atoms with Gasteiger partial charge in [-0.25, -0.2) is 0 Å². The summed E-state index contributed by atoms with van der Waals surface area (Å²) in [6.07, 6.45) is 0.615. The molecule has 5 heteroatoms. The number of amides is 2. The van der Waals surface area contributed by atoms with Crippen molar-refractivity contribution in [3.05, 3.63) is 95.1 Å². The van der Waals surface area contributed by atoms with Crippen molar-refractivity contribution >= 4 is 17.5 Å². The second-order valence-electron chi connectivity index (χ2n) is 7.52. The summed E-state index contributed by atoms with van der Waals surface area (Å²) in [5.74, 6) is 0.154. The number of benzene rings is 3. The molecule has 1 unspecified atom stereocenters. The second kappa shape index (κ2) is 8.82. The van der Waals surface area contributed by atoms with Crippen LogP contribution in [-0.2, 0) is 17.8 Å². The van der Waals surface area contributed by atoms with Gasteiger partial charge in [-0.1, -0.05) is 60.2 Å². The van der Waals surface area contributed by atoms with Crippen LogP contribution in [0.3, 0.4) is 0 Å². The predicted octanol–water partition coefficient (Wildman–Crippen LogP) is 4.11. The number of ether oxygens (including phenoxy) is 1. The van der Waals surface area contributed by atoms with Crippen LogP contribution in [0.4, 0.5) is 5.69 Å². The lowest BCUT2D eigenvalue weighted by Gasteiger charge is -2.24. The molecular formula is C25H24N2O3. The van der Waals surface area contributed by atoms with E-state index in [4.69, 9.17) is 4.74 Å². The van der Waals surface area contributed by atoms with Gasteiger partial charge in [0.05, 0.1) is 17.2 Å². The van der Waals surface area contributed by atoms with Gasteiger partial charge in [0, 0.05) is 6.54 Å². The molecule has 30 heavy (non-hydrogen) atoms. The SMILES string of the molecule is Cc1ccc(CNC(=O)c2ccccc2NC(=O)C2COc3ccccc3C2)cc1. The molecule has 1 aliphatic heterocycles. The van der Waals surface area contributed by atoms with E-state index >= 15 is 0 Å². The van der Waals surface area contributed by atoms with E-state index in [2.05, 4.69) is 10.6 Å². The highest BCUT2D eigenvalue weighted by atomic mass is 16.5. The van der Waals surface area contributed by atoms with Gasteiger partial charge in [0.15, 0.2) is 0 Å². The van der Waals surface area contributed by atoms with Crippen molar-refractivity contribution in [1.29, 1.82) is 0 Å². The van der Waals surface area contributed by atoms with Crippen LogP contribution in [0.25, 0.3) is 0 Å². The summed E-state index contributed by atoms with van der Waals surface area (Å²) in [5, 5.41) is 5.84. The Balaban J connectivity index is 1.42. The Hall–Kier alpha value is -3.60. The maximum Gasteiger partial charge on any atom is 0.253 e. The summed E-state index contributed by atoms with van der Waals surface area (Å²) in [7, 11) is 0. The van der Waals surface area contributed by atoms with Crippen LogP contribution in [0.2, 0.25) is 0 Å². The quantitative estimate of drug-likeness (QED) is 0.677. The fourth-order valence-electron chi connectivity index (χ4n) is 3.50. The summed E-state index contributed by atoms with van der Waals surface area (Å²) in [6, 6.07) is 22.8. The predicted molar refractivity (Wildman–Crippen MR) is 117 cm³/mol. The van der Waals surface area contributed by atoms with Crippen molar-refractivity contribution in [2.24, 2.45) is 5.92 Å². The molecule has 1 heterocycles. The van der Waals surface area contributed by atoms with Gasteiger partial charge >= 0.3 is 0 Å². The first-order valence-electron chi connectivity index (χ1n) is 10.0. The van der Waals surface area contributed by atoms with E-state index in [-0.39, 0.29) is 17.7 Å². The third kappa shape index (κ3) is 4.51. The third-order valence-corrected chi connectivity index (χ3v) is 5.25. The van der Waals surface area contributed by atoms with Crippen LogP contribution in [0.5, 0.6) is 5.75 Å². The maximum atomic E-state index is 12.8. The van der Waals surface area contributed by atoms with E-state index in [9.17, 15) is 9.59 Å². The van der Waals surface area contributed by atoms with Crippen molar-refractivity contribution in [2.75, 3.05) is 11.9 Å². The van der Waals surface area contributed by atoms with Crippen LogP contribution in [0, 0.1) is 12.8 Å². The summed E-state index contributed by atoms with van der Waals surface area (Å²) in [4.78, 5) is 25.6. The number of fused-ring (bicyclic) bond motifs is 1. The van der Waals surface area contributed by atoms with Gasteiger partial charge in [-0.3, -0.25) is 9.59 Å². The first kappa shape index (κ1) is 19.7. The molecular weight excluding hydrogens is 376 g/mol. The van der Waals surface area contributed by atoms with E-state index in [0.717, 1.165) is 16.9 Å². The Morgan fingerprint density at radius 1 is 0.967 bits per heavy atom. The maximum absolute atomic E-state index is 12.8. The van der Waals surface area contributed by atoms with Crippen LogP contribution in [0.15, 0.2) is 72.8 Å². The van der Waals surface area contributed by atoms with Crippen molar-refractivity contribution in [2.45, 2.75) is 19.9 Å². The Labute approximate surface area is 176 Å². The zero-order chi connectivity index (χ0) is 20.9. The zero-order valence-electron chi connectivity index (χ0n) is 16.9. The lowest BCUT2D eigenvalue weighted by molar-refractivity contribution is -0.121. The zero-order valence-corrected chi connectivity index (χ0v) is 16.9. The van der Waals surface area contributed by atoms with Crippen molar-refractivity contribution < 1.29 is 14.3 Å². The normalized spacial score (nSPS) is 14.9. The smallest absolute Gasteiger partial charge is 0.253 e. The Morgan fingerprint density at radius 3 is 2.53 bits per heavy atom. The number of nitrogens with one attached hydrogen (secondary N) is 2. The lowest BCUT2D eigenvalue weighted by Crippen LogP contribution is -2.33. The topological polar surface area (TPSA) is 67.4 Å². The minimum atomic E-state index is -0.302. The lowest BCUT2D eigenvalue weighted by atomic mass is 9.96. The summed E-state index contributed by atoms with van der Waals surface area (Å²) in [5.41, 5.74) is 4.16. The highest BCUT2D eigenvalue weighted by Crippen LogP contribution is 2.28.